The number of anilines is 2. The molecule has 0 unspecified atom stereocenters. The monoisotopic (exact) mass is 367 g/mol. The predicted octanol–water partition coefficient (Wildman–Crippen LogP) is 5.09. The SMILES string of the molecule is Cn1c(=O)c2c(-c3cccnc3)c(Nc3ccccc3)oc2c2ccccc21. The molecule has 0 aliphatic rings. The van der Waals surface area contributed by atoms with E-state index in [2.05, 4.69) is 10.3 Å². The number of aryl methyl sites for hydroxylation is 1. The van der Waals surface area contributed by atoms with E-state index >= 15 is 0 Å². The molecular formula is C23H17N3O2. The summed E-state index contributed by atoms with van der Waals surface area (Å²) in [5.74, 6) is 0.530. The number of aromatic nitrogens is 2. The van der Waals surface area contributed by atoms with Crippen molar-refractivity contribution in [1.29, 1.82) is 0 Å². The van der Waals surface area contributed by atoms with Crippen LogP contribution in [0.2, 0.25) is 0 Å². The van der Waals surface area contributed by atoms with Crippen LogP contribution in [0.1, 0.15) is 0 Å². The smallest absolute Gasteiger partial charge is 0.262 e. The molecule has 0 saturated carbocycles. The van der Waals surface area contributed by atoms with Crippen LogP contribution in [-0.2, 0) is 7.05 Å². The van der Waals surface area contributed by atoms with Crippen LogP contribution in [0, 0.1) is 0 Å². The summed E-state index contributed by atoms with van der Waals surface area (Å²) < 4.78 is 7.92. The Balaban J connectivity index is 1.90. The summed E-state index contributed by atoms with van der Waals surface area (Å²) in [6.45, 7) is 0. The minimum Gasteiger partial charge on any atom is -0.439 e. The number of nitrogens with zero attached hydrogens (tertiary/aromatic N) is 2. The minimum absolute atomic E-state index is 0.0996. The van der Waals surface area contributed by atoms with Gasteiger partial charge in [-0.2, -0.15) is 0 Å². The molecule has 0 radical (unpaired) electrons. The maximum atomic E-state index is 13.3. The van der Waals surface area contributed by atoms with Crippen LogP contribution < -0.4 is 10.9 Å². The lowest BCUT2D eigenvalue weighted by Gasteiger charge is -2.07. The van der Waals surface area contributed by atoms with Crippen molar-refractivity contribution in [3.05, 3.63) is 89.5 Å². The summed E-state index contributed by atoms with van der Waals surface area (Å²) in [7, 11) is 1.79. The van der Waals surface area contributed by atoms with Gasteiger partial charge in [-0.1, -0.05) is 36.4 Å². The molecule has 5 nitrogen and oxygen atoms in total. The van der Waals surface area contributed by atoms with Gasteiger partial charge in [-0.05, 0) is 30.3 Å². The van der Waals surface area contributed by atoms with Gasteiger partial charge >= 0.3 is 0 Å². The molecule has 5 aromatic rings. The van der Waals surface area contributed by atoms with Crippen molar-refractivity contribution in [2.75, 3.05) is 5.32 Å². The second kappa shape index (κ2) is 6.39. The summed E-state index contributed by atoms with van der Waals surface area (Å²) in [6.07, 6.45) is 3.46. The fourth-order valence-corrected chi connectivity index (χ4v) is 3.59. The molecule has 0 aliphatic heterocycles. The molecule has 0 spiro atoms. The van der Waals surface area contributed by atoms with Crippen LogP contribution in [0.25, 0.3) is 33.0 Å². The van der Waals surface area contributed by atoms with Gasteiger partial charge in [0.15, 0.2) is 5.58 Å². The highest BCUT2D eigenvalue weighted by atomic mass is 16.4. The van der Waals surface area contributed by atoms with Crippen molar-refractivity contribution in [3.8, 4) is 11.1 Å². The van der Waals surface area contributed by atoms with E-state index in [4.69, 9.17) is 4.42 Å². The van der Waals surface area contributed by atoms with E-state index in [1.807, 2.05) is 66.7 Å². The number of rotatable bonds is 3. The average Bonchev–Trinajstić information content (AvgIpc) is 3.13. The first kappa shape index (κ1) is 16.3. The highest BCUT2D eigenvalue weighted by Crippen LogP contribution is 2.40. The molecule has 3 aromatic heterocycles. The van der Waals surface area contributed by atoms with E-state index < -0.39 is 0 Å². The lowest BCUT2D eigenvalue weighted by atomic mass is 10.0. The van der Waals surface area contributed by atoms with Gasteiger partial charge in [-0.3, -0.25) is 9.78 Å². The zero-order chi connectivity index (χ0) is 19.1. The van der Waals surface area contributed by atoms with Gasteiger partial charge in [0.05, 0.1) is 16.5 Å². The van der Waals surface area contributed by atoms with Crippen molar-refractivity contribution in [1.82, 2.24) is 9.55 Å². The van der Waals surface area contributed by atoms with Crippen LogP contribution >= 0.6 is 0 Å². The van der Waals surface area contributed by atoms with Crippen LogP contribution in [-0.4, -0.2) is 9.55 Å². The largest absolute Gasteiger partial charge is 0.439 e. The lowest BCUT2D eigenvalue weighted by molar-refractivity contribution is 0.638. The number of pyridine rings is 2. The number of nitrogens with one attached hydrogen (secondary N) is 1. The molecular weight excluding hydrogens is 350 g/mol. The Morgan fingerprint density at radius 2 is 1.75 bits per heavy atom. The Morgan fingerprint density at radius 1 is 0.964 bits per heavy atom. The zero-order valence-corrected chi connectivity index (χ0v) is 15.2. The van der Waals surface area contributed by atoms with Gasteiger partial charge < -0.3 is 14.3 Å². The third-order valence-electron chi connectivity index (χ3n) is 4.92. The Hall–Kier alpha value is -3.86. The van der Waals surface area contributed by atoms with Gasteiger partial charge in [-0.25, -0.2) is 0 Å². The number of benzene rings is 2. The third kappa shape index (κ3) is 2.48. The molecule has 2 aromatic carbocycles. The molecule has 0 saturated heterocycles. The highest BCUT2D eigenvalue weighted by Gasteiger charge is 2.22. The normalized spacial score (nSPS) is 11.2. The van der Waals surface area contributed by atoms with E-state index in [-0.39, 0.29) is 5.56 Å². The topological polar surface area (TPSA) is 60.1 Å². The van der Waals surface area contributed by atoms with Crippen molar-refractivity contribution in [2.45, 2.75) is 0 Å². The number of furan rings is 1. The molecule has 1 N–H and O–H groups in total. The number of hydrogen-bond acceptors (Lipinski definition) is 4. The van der Waals surface area contributed by atoms with E-state index in [0.29, 0.717) is 16.9 Å². The van der Waals surface area contributed by atoms with Gasteiger partial charge in [-0.15, -0.1) is 0 Å². The molecule has 0 fully saturated rings. The fourth-order valence-electron chi connectivity index (χ4n) is 3.59. The molecule has 0 bridgehead atoms. The number of hydrogen-bond donors (Lipinski definition) is 1. The molecule has 5 rings (SSSR count). The quantitative estimate of drug-likeness (QED) is 0.482. The van der Waals surface area contributed by atoms with Gasteiger partial charge in [0, 0.05) is 36.1 Å². The van der Waals surface area contributed by atoms with Crippen molar-refractivity contribution in [3.63, 3.8) is 0 Å². The van der Waals surface area contributed by atoms with E-state index in [9.17, 15) is 4.79 Å². The second-order valence-corrected chi connectivity index (χ2v) is 6.62. The predicted molar refractivity (Wildman–Crippen MR) is 112 cm³/mol. The van der Waals surface area contributed by atoms with E-state index in [1.54, 1.807) is 24.0 Å². The molecule has 0 atom stereocenters. The van der Waals surface area contributed by atoms with Gasteiger partial charge in [0.25, 0.3) is 5.56 Å². The van der Waals surface area contributed by atoms with E-state index in [1.165, 1.54) is 0 Å². The molecule has 5 heteroatoms. The van der Waals surface area contributed by atoms with Crippen LogP contribution in [0.15, 0.2) is 88.3 Å². The first-order valence-corrected chi connectivity index (χ1v) is 9.01. The standard InChI is InChI=1S/C23H17N3O2/c1-26-18-12-6-5-11-17(18)21-20(23(26)27)19(15-8-7-13-24-14-15)22(28-21)25-16-9-3-2-4-10-16/h2-14,25H,1H3. The number of para-hydroxylation sites is 2. The summed E-state index contributed by atoms with van der Waals surface area (Å²) in [4.78, 5) is 17.5. The summed E-state index contributed by atoms with van der Waals surface area (Å²) >= 11 is 0. The Kier molecular flexibility index (Phi) is 3.72. The fraction of sp³-hybridized carbons (Fsp3) is 0.0435. The van der Waals surface area contributed by atoms with Crippen LogP contribution in [0.5, 0.6) is 0 Å². The van der Waals surface area contributed by atoms with E-state index in [0.717, 1.165) is 27.7 Å². The Bertz CT molecular complexity index is 1350. The summed E-state index contributed by atoms with van der Waals surface area (Å²) in [5.41, 5.74) is 3.74. The minimum atomic E-state index is -0.0996. The molecule has 136 valence electrons. The maximum absolute atomic E-state index is 13.3. The zero-order valence-electron chi connectivity index (χ0n) is 15.2. The first-order chi connectivity index (χ1) is 13.7. The summed E-state index contributed by atoms with van der Waals surface area (Å²) in [5, 5.41) is 4.77. The van der Waals surface area contributed by atoms with Crippen LogP contribution in [0.4, 0.5) is 11.6 Å². The van der Waals surface area contributed by atoms with Crippen molar-refractivity contribution >= 4 is 33.4 Å². The summed E-state index contributed by atoms with van der Waals surface area (Å²) in [6, 6.07) is 21.3. The van der Waals surface area contributed by atoms with Crippen molar-refractivity contribution in [2.24, 2.45) is 7.05 Å². The Morgan fingerprint density at radius 3 is 2.54 bits per heavy atom. The lowest BCUT2D eigenvalue weighted by Crippen LogP contribution is -2.17. The molecule has 28 heavy (non-hydrogen) atoms. The van der Waals surface area contributed by atoms with Gasteiger partial charge in [0.2, 0.25) is 5.88 Å². The molecule has 0 amide bonds. The van der Waals surface area contributed by atoms with Gasteiger partial charge in [0.1, 0.15) is 0 Å². The second-order valence-electron chi connectivity index (χ2n) is 6.62. The maximum Gasteiger partial charge on any atom is 0.262 e. The third-order valence-corrected chi connectivity index (χ3v) is 4.92. The van der Waals surface area contributed by atoms with Crippen LogP contribution in [0.3, 0.4) is 0 Å². The first-order valence-electron chi connectivity index (χ1n) is 9.01. The highest BCUT2D eigenvalue weighted by molar-refractivity contribution is 6.11. The molecule has 0 aliphatic carbocycles. The van der Waals surface area contributed by atoms with Crippen molar-refractivity contribution < 1.29 is 4.42 Å². The Labute approximate surface area is 160 Å². The molecule has 3 heterocycles. The number of fused-ring (bicyclic) bond motifs is 3. The average molecular weight is 367 g/mol.